The largest absolute Gasteiger partial charge is 0.355 e. The average Bonchev–Trinajstić information content (AvgIpc) is 2.44. The van der Waals surface area contributed by atoms with Crippen molar-refractivity contribution in [3.05, 3.63) is 29.8 Å². The Bertz CT molecular complexity index is 469. The van der Waals surface area contributed by atoms with E-state index in [1.54, 1.807) is 6.92 Å². The maximum atomic E-state index is 12.0. The molecule has 116 valence electrons. The monoisotopic (exact) mass is 291 g/mol. The third-order valence-corrected chi connectivity index (χ3v) is 2.99. The Morgan fingerprint density at radius 1 is 1.10 bits per heavy atom. The maximum Gasteiger partial charge on any atom is 0.241 e. The zero-order valence-corrected chi connectivity index (χ0v) is 13.2. The first-order valence-electron chi connectivity index (χ1n) is 7.26. The molecule has 21 heavy (non-hydrogen) atoms. The lowest BCUT2D eigenvalue weighted by Gasteiger charge is -2.14. The highest BCUT2D eigenvalue weighted by molar-refractivity contribution is 5.94. The first-order chi connectivity index (χ1) is 9.88. The molecule has 0 aliphatic carbocycles. The minimum atomic E-state index is -0.434. The van der Waals surface area contributed by atoms with Crippen molar-refractivity contribution >= 4 is 17.5 Å². The average molecular weight is 291 g/mol. The number of rotatable bonds is 7. The highest BCUT2D eigenvalue weighted by Crippen LogP contribution is 2.08. The summed E-state index contributed by atoms with van der Waals surface area (Å²) >= 11 is 0. The predicted octanol–water partition coefficient (Wildman–Crippen LogP) is 1.68. The number of aryl methyl sites for hydroxylation is 1. The van der Waals surface area contributed by atoms with Gasteiger partial charge < -0.3 is 10.6 Å². The van der Waals surface area contributed by atoms with Gasteiger partial charge in [0.05, 0.1) is 12.6 Å². The van der Waals surface area contributed by atoms with Crippen molar-refractivity contribution < 1.29 is 9.59 Å². The van der Waals surface area contributed by atoms with Gasteiger partial charge in [0.25, 0.3) is 0 Å². The van der Waals surface area contributed by atoms with Crippen molar-refractivity contribution in [3.63, 3.8) is 0 Å². The Balaban J connectivity index is 2.34. The Morgan fingerprint density at radius 2 is 1.71 bits per heavy atom. The van der Waals surface area contributed by atoms with Crippen LogP contribution in [0, 0.1) is 12.8 Å². The van der Waals surface area contributed by atoms with Gasteiger partial charge in [0.2, 0.25) is 11.8 Å². The summed E-state index contributed by atoms with van der Waals surface area (Å²) in [6.07, 6.45) is 0. The molecule has 1 rings (SSSR count). The van der Waals surface area contributed by atoms with Gasteiger partial charge in [0.1, 0.15) is 0 Å². The van der Waals surface area contributed by atoms with E-state index in [4.69, 9.17) is 0 Å². The molecule has 1 unspecified atom stereocenters. The van der Waals surface area contributed by atoms with Crippen LogP contribution in [-0.2, 0) is 9.59 Å². The van der Waals surface area contributed by atoms with Gasteiger partial charge in [-0.1, -0.05) is 31.5 Å². The van der Waals surface area contributed by atoms with Crippen LogP contribution in [-0.4, -0.2) is 30.9 Å². The maximum absolute atomic E-state index is 12.0. The third kappa shape index (κ3) is 6.90. The molecule has 0 bridgehead atoms. The van der Waals surface area contributed by atoms with Gasteiger partial charge in [-0.05, 0) is 31.9 Å². The second-order valence-electron chi connectivity index (χ2n) is 5.66. The molecule has 0 aliphatic heterocycles. The Kier molecular flexibility index (Phi) is 6.88. The number of hydrogen-bond acceptors (Lipinski definition) is 3. The summed E-state index contributed by atoms with van der Waals surface area (Å²) in [5.41, 5.74) is 1.89. The molecular weight excluding hydrogens is 266 g/mol. The summed E-state index contributed by atoms with van der Waals surface area (Å²) < 4.78 is 0. The van der Waals surface area contributed by atoms with Gasteiger partial charge in [0, 0.05) is 12.2 Å². The summed E-state index contributed by atoms with van der Waals surface area (Å²) in [6, 6.07) is 7.15. The van der Waals surface area contributed by atoms with Crippen molar-refractivity contribution in [1.29, 1.82) is 0 Å². The molecule has 1 atom stereocenters. The highest BCUT2D eigenvalue weighted by Gasteiger charge is 2.13. The van der Waals surface area contributed by atoms with Crippen LogP contribution in [0.2, 0.25) is 0 Å². The topological polar surface area (TPSA) is 70.2 Å². The zero-order chi connectivity index (χ0) is 15.8. The smallest absolute Gasteiger partial charge is 0.241 e. The zero-order valence-electron chi connectivity index (χ0n) is 13.2. The number of nitrogens with one attached hydrogen (secondary N) is 3. The fraction of sp³-hybridized carbons (Fsp3) is 0.500. The van der Waals surface area contributed by atoms with Crippen LogP contribution < -0.4 is 16.0 Å². The van der Waals surface area contributed by atoms with Crippen LogP contribution in [0.5, 0.6) is 0 Å². The lowest BCUT2D eigenvalue weighted by atomic mass is 10.2. The molecule has 0 spiro atoms. The second kappa shape index (κ2) is 8.42. The van der Waals surface area contributed by atoms with Crippen LogP contribution >= 0.6 is 0 Å². The molecule has 0 aromatic heterocycles. The number of carbonyl (C=O) groups is 2. The standard InChI is InChI=1S/C16H25N3O2/c1-11(2)9-18-15(20)10-17-13(4)16(21)19-14-7-5-12(3)6-8-14/h5-8,11,13,17H,9-10H2,1-4H3,(H,18,20)(H,19,21). The summed E-state index contributed by atoms with van der Waals surface area (Å²) in [5.74, 6) is 0.158. The Labute approximate surface area is 126 Å². The summed E-state index contributed by atoms with van der Waals surface area (Å²) in [6.45, 7) is 8.57. The van der Waals surface area contributed by atoms with Crippen molar-refractivity contribution in [2.45, 2.75) is 33.7 Å². The molecule has 0 saturated carbocycles. The van der Waals surface area contributed by atoms with Crippen molar-refractivity contribution in [2.24, 2.45) is 5.92 Å². The van der Waals surface area contributed by atoms with Gasteiger partial charge in [-0.2, -0.15) is 0 Å². The van der Waals surface area contributed by atoms with E-state index < -0.39 is 6.04 Å². The van der Waals surface area contributed by atoms with E-state index >= 15 is 0 Å². The predicted molar refractivity (Wildman–Crippen MR) is 85.1 cm³/mol. The number of anilines is 1. The molecule has 5 nitrogen and oxygen atoms in total. The molecule has 0 aliphatic rings. The lowest BCUT2D eigenvalue weighted by molar-refractivity contribution is -0.121. The first kappa shape index (κ1) is 17.2. The lowest BCUT2D eigenvalue weighted by Crippen LogP contribution is -2.44. The van der Waals surface area contributed by atoms with E-state index in [0.29, 0.717) is 12.5 Å². The van der Waals surface area contributed by atoms with E-state index in [9.17, 15) is 9.59 Å². The Morgan fingerprint density at radius 3 is 2.29 bits per heavy atom. The van der Waals surface area contributed by atoms with E-state index in [1.807, 2.05) is 45.0 Å². The normalized spacial score (nSPS) is 12.0. The molecule has 1 aromatic rings. The molecule has 0 heterocycles. The minimum absolute atomic E-state index is 0.0984. The van der Waals surface area contributed by atoms with Gasteiger partial charge >= 0.3 is 0 Å². The second-order valence-corrected chi connectivity index (χ2v) is 5.66. The van der Waals surface area contributed by atoms with Crippen LogP contribution in [0.15, 0.2) is 24.3 Å². The number of benzene rings is 1. The number of hydrogen-bond donors (Lipinski definition) is 3. The van der Waals surface area contributed by atoms with Gasteiger partial charge in [-0.3, -0.25) is 14.9 Å². The van der Waals surface area contributed by atoms with E-state index in [0.717, 1.165) is 11.3 Å². The fourth-order valence-corrected chi connectivity index (χ4v) is 1.61. The van der Waals surface area contributed by atoms with Crippen molar-refractivity contribution in [1.82, 2.24) is 10.6 Å². The van der Waals surface area contributed by atoms with E-state index in [1.165, 1.54) is 0 Å². The Hall–Kier alpha value is -1.88. The molecule has 1 aromatic carbocycles. The van der Waals surface area contributed by atoms with Crippen molar-refractivity contribution in [3.8, 4) is 0 Å². The molecule has 2 amide bonds. The summed E-state index contributed by atoms with van der Waals surface area (Å²) in [5, 5.41) is 8.52. The SMILES string of the molecule is Cc1ccc(NC(=O)C(C)NCC(=O)NCC(C)C)cc1. The van der Waals surface area contributed by atoms with Crippen molar-refractivity contribution in [2.75, 3.05) is 18.4 Å². The molecule has 0 fully saturated rings. The number of amides is 2. The van der Waals surface area contributed by atoms with Gasteiger partial charge in [-0.15, -0.1) is 0 Å². The van der Waals surface area contributed by atoms with Crippen LogP contribution in [0.25, 0.3) is 0 Å². The van der Waals surface area contributed by atoms with E-state index in [2.05, 4.69) is 16.0 Å². The highest BCUT2D eigenvalue weighted by atomic mass is 16.2. The van der Waals surface area contributed by atoms with E-state index in [-0.39, 0.29) is 18.4 Å². The number of carbonyl (C=O) groups excluding carboxylic acids is 2. The third-order valence-electron chi connectivity index (χ3n) is 2.99. The van der Waals surface area contributed by atoms with Gasteiger partial charge in [-0.25, -0.2) is 0 Å². The molecule has 3 N–H and O–H groups in total. The fourth-order valence-electron chi connectivity index (χ4n) is 1.61. The van der Waals surface area contributed by atoms with Crippen LogP contribution in [0.1, 0.15) is 26.3 Å². The summed E-state index contributed by atoms with van der Waals surface area (Å²) in [7, 11) is 0. The molecule has 5 heteroatoms. The summed E-state index contributed by atoms with van der Waals surface area (Å²) in [4.78, 5) is 23.5. The molecular formula is C16H25N3O2. The van der Waals surface area contributed by atoms with Crippen LogP contribution in [0.4, 0.5) is 5.69 Å². The molecule has 0 saturated heterocycles. The quantitative estimate of drug-likeness (QED) is 0.716. The first-order valence-corrected chi connectivity index (χ1v) is 7.26. The molecule has 0 radical (unpaired) electrons. The van der Waals surface area contributed by atoms with Crippen LogP contribution in [0.3, 0.4) is 0 Å². The minimum Gasteiger partial charge on any atom is -0.355 e. The van der Waals surface area contributed by atoms with Gasteiger partial charge in [0.15, 0.2) is 0 Å².